The van der Waals surface area contributed by atoms with Crippen LogP contribution in [0.25, 0.3) is 0 Å². The Balaban J connectivity index is 1.98. The molecule has 19 heavy (non-hydrogen) atoms. The quantitative estimate of drug-likeness (QED) is 0.827. The van der Waals surface area contributed by atoms with Crippen LogP contribution >= 0.6 is 28.1 Å². The molecule has 4 heteroatoms. The largest absolute Gasteiger partial charge is 0.346 e. The van der Waals surface area contributed by atoms with E-state index >= 15 is 0 Å². The van der Waals surface area contributed by atoms with E-state index in [1.54, 1.807) is 0 Å². The van der Waals surface area contributed by atoms with Crippen molar-refractivity contribution in [3.05, 3.63) is 56.0 Å². The molecule has 0 radical (unpaired) electrons. The van der Waals surface area contributed by atoms with Crippen LogP contribution in [0.4, 0.5) is 0 Å². The molecule has 0 saturated heterocycles. The highest BCUT2D eigenvalue weighted by molar-refractivity contribution is 9.10. The molecule has 0 fully saturated rings. The average molecular weight is 335 g/mol. The number of halogens is 1. The number of hydrogen-bond donors (Lipinski definition) is 1. The lowest BCUT2D eigenvalue weighted by Crippen LogP contribution is -2.07. The number of hydrogen-bond acceptors (Lipinski definition) is 2. The van der Waals surface area contributed by atoms with Gasteiger partial charge in [0.2, 0.25) is 0 Å². The monoisotopic (exact) mass is 334 g/mol. The maximum absolute atomic E-state index is 5.34. The zero-order chi connectivity index (χ0) is 13.4. The Morgan fingerprint density at radius 1 is 1.32 bits per heavy atom. The summed E-state index contributed by atoms with van der Waals surface area (Å²) in [7, 11) is 0. The third-order valence-electron chi connectivity index (χ3n) is 3.74. The molecule has 1 aliphatic carbocycles. The van der Waals surface area contributed by atoms with Gasteiger partial charge in [-0.25, -0.2) is 4.98 Å². The molecule has 0 atom stereocenters. The summed E-state index contributed by atoms with van der Waals surface area (Å²) in [6.07, 6.45) is 3.04. The number of H-pyrrole nitrogens is 1. The van der Waals surface area contributed by atoms with Gasteiger partial charge in [-0.1, -0.05) is 43.4 Å². The number of nitrogens with one attached hydrogen (secondary N) is 1. The fourth-order valence-electron chi connectivity index (χ4n) is 2.71. The molecule has 0 unspecified atom stereocenters. The van der Waals surface area contributed by atoms with Crippen molar-refractivity contribution in [2.24, 2.45) is 0 Å². The molecule has 2 aromatic rings. The molecule has 2 nitrogen and oxygen atoms in total. The van der Waals surface area contributed by atoms with Crippen LogP contribution in [0.1, 0.15) is 35.5 Å². The zero-order valence-corrected chi connectivity index (χ0v) is 13.1. The lowest BCUT2D eigenvalue weighted by atomic mass is 10.1. The molecule has 1 heterocycles. The number of aromatic amines is 1. The third kappa shape index (κ3) is 2.39. The van der Waals surface area contributed by atoms with Crippen molar-refractivity contribution in [3.8, 4) is 0 Å². The van der Waals surface area contributed by atoms with Gasteiger partial charge in [-0.2, -0.15) is 0 Å². The number of aromatic nitrogens is 2. The molecule has 1 aromatic heterocycles. The number of rotatable bonds is 2. The topological polar surface area (TPSA) is 28.7 Å². The molecule has 1 aliphatic rings. The second-order valence-electron chi connectivity index (χ2n) is 4.95. The van der Waals surface area contributed by atoms with E-state index < -0.39 is 0 Å². The molecule has 1 N–H and O–H groups in total. The van der Waals surface area contributed by atoms with E-state index in [0.717, 1.165) is 35.3 Å². The Morgan fingerprint density at radius 2 is 1.95 bits per heavy atom. The van der Waals surface area contributed by atoms with Gasteiger partial charge < -0.3 is 4.98 Å². The minimum absolute atomic E-state index is 0.428. The van der Waals surface area contributed by atoms with Gasteiger partial charge in [-0.05, 0) is 46.3 Å². The van der Waals surface area contributed by atoms with E-state index in [4.69, 9.17) is 12.2 Å². The van der Waals surface area contributed by atoms with Crippen molar-refractivity contribution >= 4 is 28.1 Å². The minimum Gasteiger partial charge on any atom is -0.346 e. The maximum atomic E-state index is 5.34. The maximum Gasteiger partial charge on any atom is 0.144 e. The second kappa shape index (κ2) is 5.17. The molecular formula is C15H15BrN2S. The molecule has 0 saturated carbocycles. The molecular weight excluding hydrogens is 320 g/mol. The highest BCUT2D eigenvalue weighted by atomic mass is 79.9. The highest BCUT2D eigenvalue weighted by Gasteiger charge is 2.24. The Hall–Kier alpha value is -1.00. The van der Waals surface area contributed by atoms with Gasteiger partial charge in [0.15, 0.2) is 0 Å². The van der Waals surface area contributed by atoms with Crippen LogP contribution in [0.2, 0.25) is 0 Å². The van der Waals surface area contributed by atoms with E-state index in [1.807, 2.05) is 0 Å². The first-order chi connectivity index (χ1) is 9.19. The van der Waals surface area contributed by atoms with Crippen molar-refractivity contribution in [2.45, 2.75) is 32.1 Å². The Morgan fingerprint density at radius 3 is 2.53 bits per heavy atom. The lowest BCUT2D eigenvalue weighted by molar-refractivity contribution is 0.671. The van der Waals surface area contributed by atoms with E-state index in [2.05, 4.69) is 57.1 Å². The molecule has 0 aliphatic heterocycles. The van der Waals surface area contributed by atoms with Gasteiger partial charge in [-0.3, -0.25) is 0 Å². The van der Waals surface area contributed by atoms with Crippen LogP contribution in [-0.2, 0) is 19.3 Å². The van der Waals surface area contributed by atoms with Crippen LogP contribution in [-0.4, -0.2) is 9.97 Å². The van der Waals surface area contributed by atoms with Gasteiger partial charge in [0.1, 0.15) is 10.5 Å². The zero-order valence-electron chi connectivity index (χ0n) is 10.7. The Kier molecular flexibility index (Phi) is 3.54. The summed E-state index contributed by atoms with van der Waals surface area (Å²) in [5.74, 6) is 1.46. The summed E-state index contributed by atoms with van der Waals surface area (Å²) in [5, 5.41) is 0. The van der Waals surface area contributed by atoms with Gasteiger partial charge >= 0.3 is 0 Å². The van der Waals surface area contributed by atoms with Crippen molar-refractivity contribution in [1.82, 2.24) is 9.97 Å². The number of benzene rings is 1. The first kappa shape index (κ1) is 13.0. The summed E-state index contributed by atoms with van der Waals surface area (Å²) in [6, 6.07) is 8.64. The number of aryl methyl sites for hydroxylation is 1. The second-order valence-corrected chi connectivity index (χ2v) is 6.13. The number of nitrogens with zero attached hydrogens (tertiary/aromatic N) is 1. The third-order valence-corrected chi connectivity index (χ3v) is 5.16. The van der Waals surface area contributed by atoms with Crippen molar-refractivity contribution in [1.29, 1.82) is 0 Å². The molecule has 3 rings (SSSR count). The van der Waals surface area contributed by atoms with Gasteiger partial charge in [0, 0.05) is 11.6 Å². The van der Waals surface area contributed by atoms with Crippen LogP contribution in [0.15, 0.2) is 28.7 Å². The van der Waals surface area contributed by atoms with Crippen molar-refractivity contribution in [3.63, 3.8) is 0 Å². The fourth-order valence-corrected chi connectivity index (χ4v) is 3.40. The Labute approximate surface area is 126 Å². The van der Waals surface area contributed by atoms with Gasteiger partial charge in [0.05, 0.1) is 4.47 Å². The molecule has 0 bridgehead atoms. The van der Waals surface area contributed by atoms with Gasteiger partial charge in [-0.15, -0.1) is 0 Å². The summed E-state index contributed by atoms with van der Waals surface area (Å²) in [5.41, 5.74) is 4.02. The minimum atomic E-state index is 0.428. The normalized spacial score (nSPS) is 14.6. The van der Waals surface area contributed by atoms with Crippen LogP contribution in [0.5, 0.6) is 0 Å². The molecule has 98 valence electrons. The predicted octanol–water partition coefficient (Wildman–Crippen LogP) is 4.35. The van der Waals surface area contributed by atoms with Crippen LogP contribution < -0.4 is 0 Å². The van der Waals surface area contributed by atoms with Crippen LogP contribution in [0, 0.1) is 4.64 Å². The molecule has 0 amide bonds. The standard InChI is InChI=1S/C15H15BrN2S/c1-2-12-13(16)15(19)18-14(17-12)11-7-9-5-3-4-6-10(9)8-11/h3-6,11H,2,7-8H2,1H3,(H,17,18,19). The van der Waals surface area contributed by atoms with Gasteiger partial charge in [0.25, 0.3) is 0 Å². The van der Waals surface area contributed by atoms with Crippen LogP contribution in [0.3, 0.4) is 0 Å². The van der Waals surface area contributed by atoms with Crippen molar-refractivity contribution < 1.29 is 0 Å². The van der Waals surface area contributed by atoms with Crippen molar-refractivity contribution in [2.75, 3.05) is 0 Å². The summed E-state index contributed by atoms with van der Waals surface area (Å²) in [4.78, 5) is 8.01. The van der Waals surface area contributed by atoms with E-state index in [1.165, 1.54) is 11.1 Å². The summed E-state index contributed by atoms with van der Waals surface area (Å²) >= 11 is 8.85. The SMILES string of the molecule is CCc1[nH]c(C2Cc3ccccc3C2)nc(=S)c1Br. The molecule has 1 aromatic carbocycles. The average Bonchev–Trinajstić information content (AvgIpc) is 2.85. The van der Waals surface area contributed by atoms with E-state index in [-0.39, 0.29) is 0 Å². The highest BCUT2D eigenvalue weighted by Crippen LogP contribution is 2.32. The summed E-state index contributed by atoms with van der Waals surface area (Å²) in [6.45, 7) is 2.12. The first-order valence-electron chi connectivity index (χ1n) is 6.54. The first-order valence-corrected chi connectivity index (χ1v) is 7.74. The predicted molar refractivity (Wildman–Crippen MR) is 83.1 cm³/mol. The lowest BCUT2D eigenvalue weighted by Gasteiger charge is -2.11. The Bertz CT molecular complexity index is 653. The fraction of sp³-hybridized carbons (Fsp3) is 0.333. The smallest absolute Gasteiger partial charge is 0.144 e. The van der Waals surface area contributed by atoms with E-state index in [0.29, 0.717) is 10.6 Å². The number of fused-ring (bicyclic) bond motifs is 1. The summed E-state index contributed by atoms with van der Waals surface area (Å²) < 4.78 is 1.60. The molecule has 0 spiro atoms. The van der Waals surface area contributed by atoms with E-state index in [9.17, 15) is 0 Å².